The summed E-state index contributed by atoms with van der Waals surface area (Å²) >= 11 is 0. The van der Waals surface area contributed by atoms with Crippen molar-refractivity contribution in [1.29, 1.82) is 0 Å². The number of esters is 1. The molecule has 0 saturated heterocycles. The van der Waals surface area contributed by atoms with Crippen LogP contribution in [0, 0.1) is 0 Å². The van der Waals surface area contributed by atoms with Gasteiger partial charge in [0.25, 0.3) is 5.56 Å². The molecule has 0 unspecified atom stereocenters. The first kappa shape index (κ1) is 23.4. The Kier molecular flexibility index (Phi) is 5.64. The predicted octanol–water partition coefficient (Wildman–Crippen LogP) is 1.35. The van der Waals surface area contributed by atoms with Gasteiger partial charge in [0.05, 0.1) is 35.7 Å². The zero-order valence-corrected chi connectivity index (χ0v) is 19.7. The molecule has 35 heavy (non-hydrogen) atoms. The smallest absolute Gasteiger partial charge is 0.343 e. The first-order chi connectivity index (χ1) is 16.7. The van der Waals surface area contributed by atoms with Crippen molar-refractivity contribution < 1.29 is 29.6 Å². The standard InChI is InChI=1S/C25H27N3O7/c1-4-25(33)17-10-19-21-14(9-13-15(11-27(2)3)20(30)6-5-18(13)26-21)23(34-8-7-29)28(19)22(31)16(17)12-35-24(25)32/h5-6,9-10,23,29-30,33H,4,7-8,11-12H2,1-3H3/t23-,25+/m1/s1. The fourth-order valence-electron chi connectivity index (χ4n) is 4.94. The molecule has 1 aromatic carbocycles. The average molecular weight is 482 g/mol. The van der Waals surface area contributed by atoms with Gasteiger partial charge in [-0.2, -0.15) is 0 Å². The zero-order valence-electron chi connectivity index (χ0n) is 19.7. The number of ether oxygens (including phenoxy) is 2. The second kappa shape index (κ2) is 8.42. The highest BCUT2D eigenvalue weighted by Crippen LogP contribution is 2.44. The van der Waals surface area contributed by atoms with E-state index in [2.05, 4.69) is 0 Å². The van der Waals surface area contributed by atoms with Crippen molar-refractivity contribution in [2.75, 3.05) is 27.3 Å². The summed E-state index contributed by atoms with van der Waals surface area (Å²) in [6.45, 7) is 1.59. The molecule has 184 valence electrons. The summed E-state index contributed by atoms with van der Waals surface area (Å²) in [4.78, 5) is 32.8. The molecule has 0 aliphatic carbocycles. The highest BCUT2D eigenvalue weighted by molar-refractivity contribution is 5.89. The number of phenolic OH excluding ortho intramolecular Hbond substituents is 1. The van der Waals surface area contributed by atoms with E-state index in [4.69, 9.17) is 14.5 Å². The number of nitrogens with zero attached hydrogens (tertiary/aromatic N) is 3. The third kappa shape index (κ3) is 3.44. The van der Waals surface area contributed by atoms with E-state index < -0.39 is 23.4 Å². The topological polar surface area (TPSA) is 134 Å². The van der Waals surface area contributed by atoms with Gasteiger partial charge in [0.2, 0.25) is 0 Å². The first-order valence-corrected chi connectivity index (χ1v) is 11.4. The SMILES string of the molecule is CC[C@@]1(O)C(=O)OCc2c1cc1n(c2=O)[C@H](OCCO)c2cc3c(CN(C)C)c(O)ccc3nc2-1. The quantitative estimate of drug-likeness (QED) is 0.446. The lowest BCUT2D eigenvalue weighted by Crippen LogP contribution is -2.44. The Bertz CT molecular complexity index is 1410. The van der Waals surface area contributed by atoms with Crippen LogP contribution in [0.5, 0.6) is 5.75 Å². The number of hydrogen-bond acceptors (Lipinski definition) is 9. The van der Waals surface area contributed by atoms with Crippen molar-refractivity contribution in [1.82, 2.24) is 14.5 Å². The van der Waals surface area contributed by atoms with E-state index in [0.29, 0.717) is 40.0 Å². The van der Waals surface area contributed by atoms with Gasteiger partial charge in [-0.25, -0.2) is 9.78 Å². The third-order valence-electron chi connectivity index (χ3n) is 6.68. The summed E-state index contributed by atoms with van der Waals surface area (Å²) in [5.41, 5.74) is 0.751. The molecule has 4 heterocycles. The van der Waals surface area contributed by atoms with Gasteiger partial charge in [-0.1, -0.05) is 6.92 Å². The van der Waals surface area contributed by atoms with Gasteiger partial charge in [-0.05, 0) is 44.8 Å². The average Bonchev–Trinajstić information content (AvgIpc) is 3.13. The molecule has 2 aromatic heterocycles. The molecule has 0 radical (unpaired) electrons. The molecular weight excluding hydrogens is 454 g/mol. The summed E-state index contributed by atoms with van der Waals surface area (Å²) in [6.07, 6.45) is -0.846. The number of cyclic esters (lactones) is 1. The zero-order chi connectivity index (χ0) is 25.1. The number of benzene rings is 1. The monoisotopic (exact) mass is 481 g/mol. The number of carbonyl (C=O) groups excluding carboxylic acids is 1. The van der Waals surface area contributed by atoms with Gasteiger partial charge in [-0.15, -0.1) is 0 Å². The molecule has 0 amide bonds. The van der Waals surface area contributed by atoms with Gasteiger partial charge in [-0.3, -0.25) is 9.36 Å². The van der Waals surface area contributed by atoms with Gasteiger partial charge < -0.3 is 29.7 Å². The number of hydrogen-bond donors (Lipinski definition) is 3. The Morgan fingerprint density at radius 2 is 2.06 bits per heavy atom. The van der Waals surface area contributed by atoms with E-state index in [9.17, 15) is 24.9 Å². The molecule has 0 bridgehead atoms. The maximum Gasteiger partial charge on any atom is 0.343 e. The molecule has 10 heteroatoms. The molecule has 5 rings (SSSR count). The lowest BCUT2D eigenvalue weighted by atomic mass is 9.86. The largest absolute Gasteiger partial charge is 0.508 e. The third-order valence-corrected chi connectivity index (χ3v) is 6.68. The number of carbonyl (C=O) groups is 1. The lowest BCUT2D eigenvalue weighted by Gasteiger charge is -2.32. The van der Waals surface area contributed by atoms with Crippen LogP contribution in [0.25, 0.3) is 22.3 Å². The Labute approximate surface area is 201 Å². The van der Waals surface area contributed by atoms with Crippen LogP contribution in [0.4, 0.5) is 0 Å². The van der Waals surface area contributed by atoms with Crippen LogP contribution < -0.4 is 5.56 Å². The first-order valence-electron chi connectivity index (χ1n) is 11.4. The number of aliphatic hydroxyl groups excluding tert-OH is 1. The van der Waals surface area contributed by atoms with Crippen molar-refractivity contribution in [3.05, 3.63) is 56.9 Å². The van der Waals surface area contributed by atoms with Crippen LogP contribution in [-0.2, 0) is 33.0 Å². The van der Waals surface area contributed by atoms with E-state index in [0.717, 1.165) is 0 Å². The van der Waals surface area contributed by atoms with E-state index in [-0.39, 0.29) is 43.1 Å². The second-order valence-corrected chi connectivity index (χ2v) is 9.13. The maximum atomic E-state index is 13.7. The number of fused-ring (bicyclic) bond motifs is 5. The Morgan fingerprint density at radius 1 is 1.29 bits per heavy atom. The summed E-state index contributed by atoms with van der Waals surface area (Å²) in [7, 11) is 3.79. The highest BCUT2D eigenvalue weighted by Gasteiger charge is 2.46. The van der Waals surface area contributed by atoms with Crippen molar-refractivity contribution in [2.45, 2.75) is 38.3 Å². The fraction of sp³-hybridized carbons (Fsp3) is 0.400. The molecule has 2 atom stereocenters. The number of aromatic hydroxyl groups is 1. The second-order valence-electron chi connectivity index (χ2n) is 9.13. The van der Waals surface area contributed by atoms with Gasteiger partial charge >= 0.3 is 5.97 Å². The van der Waals surface area contributed by atoms with E-state index in [1.54, 1.807) is 25.1 Å². The van der Waals surface area contributed by atoms with E-state index in [1.807, 2.05) is 25.1 Å². The van der Waals surface area contributed by atoms with E-state index >= 15 is 0 Å². The van der Waals surface area contributed by atoms with Gasteiger partial charge in [0.1, 0.15) is 12.4 Å². The van der Waals surface area contributed by atoms with Crippen molar-refractivity contribution in [3.8, 4) is 17.1 Å². The van der Waals surface area contributed by atoms with Crippen molar-refractivity contribution in [2.24, 2.45) is 0 Å². The van der Waals surface area contributed by atoms with Crippen LogP contribution >= 0.6 is 0 Å². The number of rotatable bonds is 6. The number of phenols is 1. The summed E-state index contributed by atoms with van der Waals surface area (Å²) in [6, 6.07) is 6.74. The van der Waals surface area contributed by atoms with Crippen LogP contribution in [-0.4, -0.2) is 63.0 Å². The Hall–Kier alpha value is -3.31. The summed E-state index contributed by atoms with van der Waals surface area (Å²) in [5, 5.41) is 31.8. The van der Waals surface area contributed by atoms with Crippen LogP contribution in [0.1, 0.15) is 41.8 Å². The van der Waals surface area contributed by atoms with Gasteiger partial charge in [0.15, 0.2) is 11.8 Å². The van der Waals surface area contributed by atoms with E-state index in [1.165, 1.54) is 4.57 Å². The molecule has 2 aliphatic heterocycles. The molecule has 0 spiro atoms. The van der Waals surface area contributed by atoms with Crippen LogP contribution in [0.3, 0.4) is 0 Å². The minimum atomic E-state index is -1.94. The molecule has 3 N–H and O–H groups in total. The highest BCUT2D eigenvalue weighted by atomic mass is 16.6. The predicted molar refractivity (Wildman–Crippen MR) is 126 cm³/mol. The molecular formula is C25H27N3O7. The maximum absolute atomic E-state index is 13.7. The summed E-state index contributed by atoms with van der Waals surface area (Å²) in [5.74, 6) is -0.661. The molecule has 0 fully saturated rings. The van der Waals surface area contributed by atoms with Crippen molar-refractivity contribution in [3.63, 3.8) is 0 Å². The molecule has 10 nitrogen and oxygen atoms in total. The normalized spacial score (nSPS) is 20.6. The lowest BCUT2D eigenvalue weighted by molar-refractivity contribution is -0.172. The van der Waals surface area contributed by atoms with Crippen LogP contribution in [0.2, 0.25) is 0 Å². The van der Waals surface area contributed by atoms with Crippen LogP contribution in [0.15, 0.2) is 29.1 Å². The van der Waals surface area contributed by atoms with Gasteiger partial charge in [0, 0.05) is 28.6 Å². The molecule has 2 aliphatic rings. The summed E-state index contributed by atoms with van der Waals surface area (Å²) < 4.78 is 12.5. The Morgan fingerprint density at radius 3 is 2.74 bits per heavy atom. The number of aliphatic hydroxyl groups is 2. The fourth-order valence-corrected chi connectivity index (χ4v) is 4.94. The number of aromatic nitrogens is 2. The van der Waals surface area contributed by atoms with Crippen molar-refractivity contribution >= 4 is 16.9 Å². The number of pyridine rings is 2. The minimum Gasteiger partial charge on any atom is -0.508 e. The molecule has 3 aromatic rings. The Balaban J connectivity index is 1.81. The molecule has 0 saturated carbocycles. The minimum absolute atomic E-state index is 0.0242.